The lowest BCUT2D eigenvalue weighted by molar-refractivity contribution is 1.02. The van der Waals surface area contributed by atoms with Crippen molar-refractivity contribution in [1.29, 1.82) is 0 Å². The molecule has 0 aliphatic heterocycles. The number of fused-ring (bicyclic) bond motifs is 2. The Morgan fingerprint density at radius 2 is 1.57 bits per heavy atom. The van der Waals surface area contributed by atoms with E-state index in [0.29, 0.717) is 0 Å². The summed E-state index contributed by atoms with van der Waals surface area (Å²) in [5.74, 6) is 0. The quantitative estimate of drug-likeness (QED) is 0.237. The molecule has 0 aliphatic carbocycles. The molecule has 0 fully saturated rings. The molecular weight excluding hydrogens is 424 g/mol. The number of allylic oxidation sites excluding steroid dienone is 2. The first kappa shape index (κ1) is 22.7. The minimum absolute atomic E-state index is 0.882. The van der Waals surface area contributed by atoms with Gasteiger partial charge in [-0.15, -0.1) is 0 Å². The molecule has 0 saturated heterocycles. The SMILES string of the molecule is C=C(CC)N(c1ccccc1)c1ccc2c(c1)c(/C=C\CC)c(C)n2-c1ccc2ccccc2c1. The van der Waals surface area contributed by atoms with E-state index in [1.165, 1.54) is 38.6 Å². The first-order chi connectivity index (χ1) is 17.1. The summed E-state index contributed by atoms with van der Waals surface area (Å²) in [6.07, 6.45) is 6.41. The lowest BCUT2D eigenvalue weighted by Gasteiger charge is -2.27. The fourth-order valence-corrected chi connectivity index (χ4v) is 4.91. The smallest absolute Gasteiger partial charge is 0.0539 e. The Morgan fingerprint density at radius 3 is 2.31 bits per heavy atom. The topological polar surface area (TPSA) is 8.17 Å². The molecule has 2 nitrogen and oxygen atoms in total. The summed E-state index contributed by atoms with van der Waals surface area (Å²) in [6.45, 7) is 11.0. The summed E-state index contributed by atoms with van der Waals surface area (Å²) in [7, 11) is 0. The highest BCUT2D eigenvalue weighted by molar-refractivity contribution is 5.96. The van der Waals surface area contributed by atoms with E-state index >= 15 is 0 Å². The lowest BCUT2D eigenvalue weighted by atomic mass is 10.1. The number of nitrogens with zero attached hydrogens (tertiary/aromatic N) is 2. The van der Waals surface area contributed by atoms with E-state index in [1.807, 2.05) is 0 Å². The lowest BCUT2D eigenvalue weighted by Crippen LogP contribution is -2.14. The van der Waals surface area contributed by atoms with E-state index < -0.39 is 0 Å². The predicted octanol–water partition coefficient (Wildman–Crippen LogP) is 9.58. The number of anilines is 2. The van der Waals surface area contributed by atoms with Crippen LogP contribution in [0.2, 0.25) is 0 Å². The molecule has 5 aromatic rings. The first-order valence-electron chi connectivity index (χ1n) is 12.5. The van der Waals surface area contributed by atoms with Crippen LogP contribution >= 0.6 is 0 Å². The molecule has 0 aliphatic rings. The van der Waals surface area contributed by atoms with Crippen LogP contribution in [-0.4, -0.2) is 4.57 Å². The van der Waals surface area contributed by atoms with Crippen LogP contribution in [0.4, 0.5) is 11.4 Å². The highest BCUT2D eigenvalue weighted by Gasteiger charge is 2.18. The summed E-state index contributed by atoms with van der Waals surface area (Å²) in [5, 5.41) is 3.76. The van der Waals surface area contributed by atoms with Gasteiger partial charge in [-0.3, -0.25) is 0 Å². The zero-order chi connectivity index (χ0) is 24.4. The highest BCUT2D eigenvalue weighted by Crippen LogP contribution is 2.37. The summed E-state index contributed by atoms with van der Waals surface area (Å²) in [5.41, 5.74) is 8.27. The molecule has 0 unspecified atom stereocenters. The number of rotatable bonds is 7. The number of para-hydroxylation sites is 1. The molecule has 4 aromatic carbocycles. The zero-order valence-corrected chi connectivity index (χ0v) is 20.8. The van der Waals surface area contributed by atoms with E-state index in [-0.39, 0.29) is 0 Å². The van der Waals surface area contributed by atoms with Crippen molar-refractivity contribution in [3.8, 4) is 5.69 Å². The van der Waals surface area contributed by atoms with Gasteiger partial charge in [-0.1, -0.05) is 81.1 Å². The standard InChI is InChI=1S/C33H32N2/c1-5-7-17-31-25(4)35(29-19-18-26-13-11-12-14-27(26)22-29)33-21-20-30(23-32(31)33)34(24(3)6-2)28-15-9-8-10-16-28/h7-23H,3,5-6H2,1-2,4H3/b17-7-. The normalized spacial score (nSPS) is 11.5. The van der Waals surface area contributed by atoms with Crippen molar-refractivity contribution >= 4 is 39.1 Å². The van der Waals surface area contributed by atoms with Crippen molar-refractivity contribution in [3.05, 3.63) is 121 Å². The maximum absolute atomic E-state index is 4.38. The van der Waals surface area contributed by atoms with E-state index in [0.717, 1.165) is 29.9 Å². The molecule has 1 aromatic heterocycles. The van der Waals surface area contributed by atoms with Crippen LogP contribution in [-0.2, 0) is 0 Å². The van der Waals surface area contributed by atoms with Gasteiger partial charge >= 0.3 is 0 Å². The van der Waals surface area contributed by atoms with E-state index in [2.05, 4.69) is 140 Å². The summed E-state index contributed by atoms with van der Waals surface area (Å²) < 4.78 is 2.39. The van der Waals surface area contributed by atoms with Crippen molar-refractivity contribution in [2.75, 3.05) is 4.90 Å². The van der Waals surface area contributed by atoms with Crippen molar-refractivity contribution in [1.82, 2.24) is 4.57 Å². The minimum atomic E-state index is 0.882. The molecule has 5 rings (SSSR count). The van der Waals surface area contributed by atoms with Gasteiger partial charge < -0.3 is 9.47 Å². The van der Waals surface area contributed by atoms with Crippen LogP contribution in [0.1, 0.15) is 37.9 Å². The van der Waals surface area contributed by atoms with Crippen LogP contribution in [0.25, 0.3) is 33.4 Å². The second-order valence-corrected chi connectivity index (χ2v) is 8.97. The molecule has 0 saturated carbocycles. The molecule has 1 heterocycles. The molecule has 35 heavy (non-hydrogen) atoms. The van der Waals surface area contributed by atoms with Gasteiger partial charge in [0, 0.05) is 39.4 Å². The monoisotopic (exact) mass is 456 g/mol. The molecule has 2 heteroatoms. The molecule has 174 valence electrons. The van der Waals surface area contributed by atoms with Crippen molar-refractivity contribution < 1.29 is 0 Å². The first-order valence-corrected chi connectivity index (χ1v) is 12.5. The van der Waals surface area contributed by atoms with Crippen LogP contribution in [0.15, 0.2) is 109 Å². The number of hydrogen-bond donors (Lipinski definition) is 0. The average molecular weight is 457 g/mol. The van der Waals surface area contributed by atoms with E-state index in [4.69, 9.17) is 0 Å². The van der Waals surface area contributed by atoms with Crippen LogP contribution in [0, 0.1) is 6.92 Å². The Morgan fingerprint density at radius 1 is 0.829 bits per heavy atom. The van der Waals surface area contributed by atoms with Crippen molar-refractivity contribution in [3.63, 3.8) is 0 Å². The fourth-order valence-electron chi connectivity index (χ4n) is 4.91. The summed E-state index contributed by atoms with van der Waals surface area (Å²) in [4.78, 5) is 2.27. The fraction of sp³-hybridized carbons (Fsp3) is 0.152. The van der Waals surface area contributed by atoms with Gasteiger partial charge in [0.05, 0.1) is 5.52 Å². The number of hydrogen-bond acceptors (Lipinski definition) is 1. The van der Waals surface area contributed by atoms with Gasteiger partial charge in [0.15, 0.2) is 0 Å². The Balaban J connectivity index is 1.74. The molecule has 0 spiro atoms. The van der Waals surface area contributed by atoms with E-state index in [9.17, 15) is 0 Å². The van der Waals surface area contributed by atoms with Gasteiger partial charge in [-0.25, -0.2) is 0 Å². The third-order valence-corrected chi connectivity index (χ3v) is 6.74. The highest BCUT2D eigenvalue weighted by atomic mass is 15.1. The zero-order valence-electron chi connectivity index (χ0n) is 20.8. The van der Waals surface area contributed by atoms with Gasteiger partial charge in [0.2, 0.25) is 0 Å². The largest absolute Gasteiger partial charge is 0.315 e. The third-order valence-electron chi connectivity index (χ3n) is 6.74. The Hall–Kier alpha value is -4.04. The van der Waals surface area contributed by atoms with Crippen molar-refractivity contribution in [2.24, 2.45) is 0 Å². The third kappa shape index (κ3) is 4.17. The van der Waals surface area contributed by atoms with Crippen molar-refractivity contribution in [2.45, 2.75) is 33.6 Å². The second kappa shape index (κ2) is 9.68. The van der Waals surface area contributed by atoms with Crippen LogP contribution in [0.3, 0.4) is 0 Å². The minimum Gasteiger partial charge on any atom is -0.315 e. The molecule has 0 atom stereocenters. The average Bonchev–Trinajstić information content (AvgIpc) is 3.18. The van der Waals surface area contributed by atoms with Crippen LogP contribution in [0.5, 0.6) is 0 Å². The predicted molar refractivity (Wildman–Crippen MR) is 153 cm³/mol. The van der Waals surface area contributed by atoms with E-state index in [1.54, 1.807) is 0 Å². The maximum Gasteiger partial charge on any atom is 0.0539 e. The second-order valence-electron chi connectivity index (χ2n) is 8.97. The van der Waals surface area contributed by atoms with Gasteiger partial charge in [0.25, 0.3) is 0 Å². The maximum atomic E-state index is 4.38. The Labute approximate surface area is 208 Å². The molecule has 0 N–H and O–H groups in total. The van der Waals surface area contributed by atoms with Gasteiger partial charge in [0.1, 0.15) is 0 Å². The molecule has 0 radical (unpaired) electrons. The van der Waals surface area contributed by atoms with Gasteiger partial charge in [-0.05, 0) is 73.0 Å². The molecular formula is C33H32N2. The number of benzene rings is 4. The summed E-state index contributed by atoms with van der Waals surface area (Å²) in [6, 6.07) is 32.6. The molecule has 0 amide bonds. The van der Waals surface area contributed by atoms with Crippen LogP contribution < -0.4 is 4.90 Å². The Kier molecular flexibility index (Phi) is 6.29. The van der Waals surface area contributed by atoms with Gasteiger partial charge in [-0.2, -0.15) is 0 Å². The summed E-state index contributed by atoms with van der Waals surface area (Å²) >= 11 is 0. The number of aromatic nitrogens is 1. The molecule has 0 bridgehead atoms. The Bertz CT molecular complexity index is 1540.